The van der Waals surface area contributed by atoms with E-state index in [-0.39, 0.29) is 12.1 Å². The number of Topliss-reactive ketones (excluding diaryl/α,β-unsaturated/α-hetero) is 1. The molecule has 4 aromatic rings. The van der Waals surface area contributed by atoms with Crippen LogP contribution in [-0.4, -0.2) is 38.4 Å². The molecule has 150 valence electrons. The monoisotopic (exact) mass is 403 g/mol. The first-order valence-corrected chi connectivity index (χ1v) is 9.08. The van der Waals surface area contributed by atoms with Crippen LogP contribution in [0.3, 0.4) is 0 Å². The second-order valence-electron chi connectivity index (χ2n) is 6.56. The molecule has 3 N–H and O–H groups in total. The van der Waals surface area contributed by atoms with Gasteiger partial charge in [-0.3, -0.25) is 19.4 Å². The van der Waals surface area contributed by atoms with Crippen LogP contribution in [0.2, 0.25) is 0 Å². The van der Waals surface area contributed by atoms with Crippen molar-refractivity contribution in [3.05, 3.63) is 78.6 Å². The third-order valence-electron chi connectivity index (χ3n) is 4.62. The lowest BCUT2D eigenvalue weighted by Gasteiger charge is -2.16. The van der Waals surface area contributed by atoms with Crippen LogP contribution in [0.5, 0.6) is 0 Å². The van der Waals surface area contributed by atoms with Crippen LogP contribution in [0.1, 0.15) is 16.1 Å². The highest BCUT2D eigenvalue weighted by molar-refractivity contribution is 6.38. The third-order valence-corrected chi connectivity index (χ3v) is 4.62. The molecule has 1 atom stereocenters. The lowest BCUT2D eigenvalue weighted by atomic mass is 10.0. The van der Waals surface area contributed by atoms with E-state index >= 15 is 0 Å². The number of fused-ring (bicyclic) bond motifs is 1. The SMILES string of the molecule is NC(=O)C(=O)C(Cc1coc2ccccc12)NC(=O)c1ccnn1-c1cccnc1. The van der Waals surface area contributed by atoms with Crippen molar-refractivity contribution in [2.45, 2.75) is 12.5 Å². The number of para-hydroxylation sites is 1. The van der Waals surface area contributed by atoms with Gasteiger partial charge in [0.1, 0.15) is 17.3 Å². The Kier molecular flexibility index (Phi) is 5.08. The van der Waals surface area contributed by atoms with E-state index < -0.39 is 23.6 Å². The summed E-state index contributed by atoms with van der Waals surface area (Å²) >= 11 is 0. The molecule has 1 aromatic carbocycles. The van der Waals surface area contributed by atoms with Crippen LogP contribution in [0.4, 0.5) is 0 Å². The van der Waals surface area contributed by atoms with E-state index in [1.165, 1.54) is 23.2 Å². The number of furan rings is 1. The zero-order valence-corrected chi connectivity index (χ0v) is 15.7. The molecule has 2 amide bonds. The lowest BCUT2D eigenvalue weighted by molar-refractivity contribution is -0.137. The van der Waals surface area contributed by atoms with E-state index in [4.69, 9.17) is 10.2 Å². The normalized spacial score (nSPS) is 11.9. The van der Waals surface area contributed by atoms with Gasteiger partial charge >= 0.3 is 0 Å². The standard InChI is InChI=1S/C21H17N5O4/c22-20(28)19(27)16(10-13-12-30-18-6-2-1-5-15(13)18)25-21(29)17-7-9-24-26(17)14-4-3-8-23-11-14/h1-9,11-12,16H,10H2,(H2,22,28)(H,25,29). The van der Waals surface area contributed by atoms with Crippen LogP contribution in [0.15, 0.2) is 71.7 Å². The maximum Gasteiger partial charge on any atom is 0.287 e. The van der Waals surface area contributed by atoms with Gasteiger partial charge in [-0.05, 0) is 24.3 Å². The van der Waals surface area contributed by atoms with E-state index in [0.29, 0.717) is 16.8 Å². The largest absolute Gasteiger partial charge is 0.464 e. The van der Waals surface area contributed by atoms with Gasteiger partial charge in [0.25, 0.3) is 11.8 Å². The fourth-order valence-electron chi connectivity index (χ4n) is 3.18. The first-order valence-electron chi connectivity index (χ1n) is 9.08. The summed E-state index contributed by atoms with van der Waals surface area (Å²) in [5.74, 6) is -2.61. The molecule has 0 fully saturated rings. The van der Waals surface area contributed by atoms with Gasteiger partial charge in [0.15, 0.2) is 0 Å². The number of nitrogens with one attached hydrogen (secondary N) is 1. The third kappa shape index (κ3) is 3.68. The van der Waals surface area contributed by atoms with E-state index in [9.17, 15) is 14.4 Å². The summed E-state index contributed by atoms with van der Waals surface area (Å²) in [4.78, 5) is 40.9. The van der Waals surface area contributed by atoms with Crippen molar-refractivity contribution in [1.29, 1.82) is 0 Å². The number of aromatic nitrogens is 3. The molecule has 9 nitrogen and oxygen atoms in total. The van der Waals surface area contributed by atoms with Crippen molar-refractivity contribution in [3.8, 4) is 5.69 Å². The highest BCUT2D eigenvalue weighted by Gasteiger charge is 2.28. The Bertz CT molecular complexity index is 1230. The van der Waals surface area contributed by atoms with Gasteiger partial charge in [-0.25, -0.2) is 4.68 Å². The van der Waals surface area contributed by atoms with E-state index in [1.54, 1.807) is 30.6 Å². The summed E-state index contributed by atoms with van der Waals surface area (Å²) in [5, 5.41) is 7.52. The number of nitrogens with zero attached hydrogens (tertiary/aromatic N) is 3. The average Bonchev–Trinajstić information content (AvgIpc) is 3.41. The number of hydrogen-bond acceptors (Lipinski definition) is 6. The Morgan fingerprint density at radius 3 is 2.70 bits per heavy atom. The molecule has 30 heavy (non-hydrogen) atoms. The molecule has 4 rings (SSSR count). The number of carbonyl (C=O) groups is 3. The molecule has 0 saturated heterocycles. The van der Waals surface area contributed by atoms with Gasteiger partial charge in [0.05, 0.1) is 24.3 Å². The number of ketones is 1. The topological polar surface area (TPSA) is 133 Å². The molecule has 0 aliphatic heterocycles. The molecule has 1 unspecified atom stereocenters. The molecule has 0 spiro atoms. The highest BCUT2D eigenvalue weighted by Crippen LogP contribution is 2.22. The summed E-state index contributed by atoms with van der Waals surface area (Å²) < 4.78 is 6.87. The molecule has 3 aromatic heterocycles. The van der Waals surface area contributed by atoms with Crippen molar-refractivity contribution in [2.75, 3.05) is 0 Å². The quantitative estimate of drug-likeness (QED) is 0.448. The van der Waals surface area contributed by atoms with E-state index in [2.05, 4.69) is 15.4 Å². The second-order valence-corrected chi connectivity index (χ2v) is 6.56. The van der Waals surface area contributed by atoms with Crippen molar-refractivity contribution in [2.24, 2.45) is 5.73 Å². The van der Waals surface area contributed by atoms with Crippen LogP contribution in [-0.2, 0) is 16.0 Å². The van der Waals surface area contributed by atoms with E-state index in [0.717, 1.165) is 5.39 Å². The van der Waals surface area contributed by atoms with Gasteiger partial charge in [0.2, 0.25) is 5.78 Å². The molecule has 9 heteroatoms. The molecular formula is C21H17N5O4. The number of nitrogens with two attached hydrogens (primary N) is 1. The molecule has 0 aliphatic carbocycles. The Morgan fingerprint density at radius 2 is 1.93 bits per heavy atom. The lowest BCUT2D eigenvalue weighted by Crippen LogP contribution is -2.47. The highest BCUT2D eigenvalue weighted by atomic mass is 16.3. The number of rotatable bonds is 7. The van der Waals surface area contributed by atoms with Crippen LogP contribution < -0.4 is 11.1 Å². The predicted octanol–water partition coefficient (Wildman–Crippen LogP) is 1.41. The number of carbonyl (C=O) groups excluding carboxylic acids is 3. The summed E-state index contributed by atoms with van der Waals surface area (Å²) in [6, 6.07) is 11.1. The summed E-state index contributed by atoms with van der Waals surface area (Å²) in [6.45, 7) is 0. The maximum absolute atomic E-state index is 12.9. The number of hydrogen-bond donors (Lipinski definition) is 2. The van der Waals surface area contributed by atoms with Gasteiger partial charge in [-0.15, -0.1) is 0 Å². The fraction of sp³-hybridized carbons (Fsp3) is 0.0952. The van der Waals surface area contributed by atoms with Crippen LogP contribution >= 0.6 is 0 Å². The Labute approximate surface area is 170 Å². The smallest absolute Gasteiger partial charge is 0.287 e. The molecule has 0 saturated carbocycles. The van der Waals surface area contributed by atoms with Crippen molar-refractivity contribution in [3.63, 3.8) is 0 Å². The zero-order valence-electron chi connectivity index (χ0n) is 15.7. The number of benzene rings is 1. The first kappa shape index (κ1) is 19.1. The Morgan fingerprint density at radius 1 is 1.10 bits per heavy atom. The first-order chi connectivity index (χ1) is 14.5. The maximum atomic E-state index is 12.9. The van der Waals surface area contributed by atoms with E-state index in [1.807, 2.05) is 18.2 Å². The van der Waals surface area contributed by atoms with Gasteiger partial charge in [0, 0.05) is 23.6 Å². The minimum absolute atomic E-state index is 0.0472. The number of pyridine rings is 1. The van der Waals surface area contributed by atoms with Crippen LogP contribution in [0, 0.1) is 0 Å². The summed E-state index contributed by atoms with van der Waals surface area (Å²) in [5.41, 5.74) is 7.27. The number of primary amides is 1. The zero-order chi connectivity index (χ0) is 21.1. The molecule has 3 heterocycles. The van der Waals surface area contributed by atoms with Gasteiger partial charge in [-0.2, -0.15) is 5.10 Å². The molecular weight excluding hydrogens is 386 g/mol. The second kappa shape index (κ2) is 8.00. The Balaban J connectivity index is 1.62. The molecule has 0 radical (unpaired) electrons. The Hall–Kier alpha value is -4.27. The van der Waals surface area contributed by atoms with Gasteiger partial charge < -0.3 is 15.5 Å². The minimum atomic E-state index is -1.16. The molecule has 0 aliphatic rings. The van der Waals surface area contributed by atoms with Crippen molar-refractivity contribution in [1.82, 2.24) is 20.1 Å². The predicted molar refractivity (Wildman–Crippen MR) is 107 cm³/mol. The molecule has 0 bridgehead atoms. The summed E-state index contributed by atoms with van der Waals surface area (Å²) in [6.07, 6.45) is 6.15. The summed E-state index contributed by atoms with van der Waals surface area (Å²) in [7, 11) is 0. The van der Waals surface area contributed by atoms with Crippen molar-refractivity contribution >= 4 is 28.6 Å². The fourth-order valence-corrected chi connectivity index (χ4v) is 3.18. The minimum Gasteiger partial charge on any atom is -0.464 e. The van der Waals surface area contributed by atoms with Crippen molar-refractivity contribution < 1.29 is 18.8 Å². The van der Waals surface area contributed by atoms with Crippen LogP contribution in [0.25, 0.3) is 16.7 Å². The average molecular weight is 403 g/mol. The number of amides is 2. The van der Waals surface area contributed by atoms with Gasteiger partial charge in [-0.1, -0.05) is 18.2 Å².